The van der Waals surface area contributed by atoms with Crippen LogP contribution in [0.1, 0.15) is 42.9 Å². The maximum absolute atomic E-state index is 13.4. The van der Waals surface area contributed by atoms with E-state index in [4.69, 9.17) is 5.73 Å². The SMILES string of the molecule is C=C(/C=C(\NCCC)C1CC1)N/C(=C/Cc1ccccc1C(F)(F)F)c1ccccc1N. The molecule has 170 valence electrons. The summed E-state index contributed by atoms with van der Waals surface area (Å²) in [5.74, 6) is 0.521. The van der Waals surface area contributed by atoms with Gasteiger partial charge in [0.15, 0.2) is 0 Å². The fourth-order valence-electron chi connectivity index (χ4n) is 3.53. The van der Waals surface area contributed by atoms with Crippen molar-refractivity contribution in [1.82, 2.24) is 10.6 Å². The number of nitrogen functional groups attached to an aromatic ring is 1. The number of hydrogen-bond acceptors (Lipinski definition) is 3. The molecular formula is C26H30F3N3. The van der Waals surface area contributed by atoms with E-state index in [0.29, 0.717) is 23.0 Å². The first-order valence-corrected chi connectivity index (χ1v) is 10.9. The van der Waals surface area contributed by atoms with Crippen LogP contribution < -0.4 is 16.4 Å². The van der Waals surface area contributed by atoms with Crippen LogP contribution in [0.15, 0.2) is 78.7 Å². The summed E-state index contributed by atoms with van der Waals surface area (Å²) in [7, 11) is 0. The number of benzene rings is 2. The topological polar surface area (TPSA) is 50.1 Å². The lowest BCUT2D eigenvalue weighted by Crippen LogP contribution is -2.18. The normalized spacial score (nSPS) is 14.9. The Hall–Kier alpha value is -3.15. The first-order valence-electron chi connectivity index (χ1n) is 10.9. The molecule has 0 bridgehead atoms. The number of nitrogens with one attached hydrogen (secondary N) is 2. The quantitative estimate of drug-likeness (QED) is 0.301. The summed E-state index contributed by atoms with van der Waals surface area (Å²) >= 11 is 0. The highest BCUT2D eigenvalue weighted by molar-refractivity contribution is 5.75. The molecule has 3 nitrogen and oxygen atoms in total. The standard InChI is InChI=1S/C26H30F3N3/c1-3-16-31-25(20-12-13-20)17-18(2)32-24(21-9-5-7-11-23(21)30)15-14-19-8-4-6-10-22(19)26(27,28)29/h4-11,15,17,20,31-32H,2-3,12-14,16,30H2,1H3/b24-15+,25-17-. The lowest BCUT2D eigenvalue weighted by Gasteiger charge is -2.17. The molecule has 1 saturated carbocycles. The van der Waals surface area contributed by atoms with Gasteiger partial charge in [-0.1, -0.05) is 56.0 Å². The van der Waals surface area contributed by atoms with Crippen molar-refractivity contribution in [2.75, 3.05) is 12.3 Å². The third kappa shape index (κ3) is 6.42. The first-order chi connectivity index (χ1) is 15.3. The Morgan fingerprint density at radius 3 is 2.47 bits per heavy atom. The van der Waals surface area contributed by atoms with Gasteiger partial charge >= 0.3 is 6.18 Å². The van der Waals surface area contributed by atoms with Crippen LogP contribution in [0.25, 0.3) is 5.70 Å². The van der Waals surface area contributed by atoms with Crippen molar-refractivity contribution in [2.24, 2.45) is 5.92 Å². The van der Waals surface area contributed by atoms with Gasteiger partial charge in [-0.05, 0) is 55.4 Å². The van der Waals surface area contributed by atoms with Gasteiger partial charge in [-0.2, -0.15) is 13.2 Å². The average Bonchev–Trinajstić information content (AvgIpc) is 3.59. The van der Waals surface area contributed by atoms with E-state index in [0.717, 1.165) is 43.1 Å². The van der Waals surface area contributed by atoms with Crippen LogP contribution in [0, 0.1) is 5.92 Å². The first kappa shape index (κ1) is 23.5. The maximum Gasteiger partial charge on any atom is 0.416 e. The molecule has 0 spiro atoms. The molecule has 0 saturated heterocycles. The summed E-state index contributed by atoms with van der Waals surface area (Å²) in [5.41, 5.74) is 9.45. The van der Waals surface area contributed by atoms with Crippen molar-refractivity contribution in [1.29, 1.82) is 0 Å². The zero-order chi connectivity index (χ0) is 23.1. The summed E-state index contributed by atoms with van der Waals surface area (Å²) in [6, 6.07) is 12.9. The van der Waals surface area contributed by atoms with Gasteiger partial charge in [0.25, 0.3) is 0 Å². The number of rotatable bonds is 10. The Kier molecular flexibility index (Phi) is 7.67. The van der Waals surface area contributed by atoms with Crippen LogP contribution in [0.2, 0.25) is 0 Å². The van der Waals surface area contributed by atoms with E-state index in [1.807, 2.05) is 24.3 Å². The lowest BCUT2D eigenvalue weighted by molar-refractivity contribution is -0.138. The van der Waals surface area contributed by atoms with Crippen LogP contribution in [0.5, 0.6) is 0 Å². The maximum atomic E-state index is 13.4. The zero-order valence-corrected chi connectivity index (χ0v) is 18.3. The second-order valence-electron chi connectivity index (χ2n) is 8.02. The molecule has 4 N–H and O–H groups in total. The van der Waals surface area contributed by atoms with Crippen LogP contribution in [0.3, 0.4) is 0 Å². The van der Waals surface area contributed by atoms with Crippen molar-refractivity contribution < 1.29 is 13.2 Å². The summed E-state index contributed by atoms with van der Waals surface area (Å²) in [6.07, 6.45) is 2.76. The van der Waals surface area contributed by atoms with E-state index >= 15 is 0 Å². The third-order valence-corrected chi connectivity index (χ3v) is 5.32. The van der Waals surface area contributed by atoms with Gasteiger partial charge in [-0.3, -0.25) is 0 Å². The number of hydrogen-bond donors (Lipinski definition) is 3. The number of para-hydroxylation sites is 1. The molecule has 0 aliphatic heterocycles. The second kappa shape index (κ2) is 10.4. The van der Waals surface area contributed by atoms with E-state index in [2.05, 4.69) is 24.1 Å². The molecule has 0 unspecified atom stereocenters. The fourth-order valence-corrected chi connectivity index (χ4v) is 3.53. The van der Waals surface area contributed by atoms with Gasteiger partial charge in [-0.15, -0.1) is 0 Å². The minimum absolute atomic E-state index is 0.104. The fraction of sp³-hybridized carbons (Fsp3) is 0.308. The summed E-state index contributed by atoms with van der Waals surface area (Å²) in [5, 5.41) is 6.74. The van der Waals surface area contributed by atoms with Crippen LogP contribution in [0.4, 0.5) is 18.9 Å². The monoisotopic (exact) mass is 441 g/mol. The molecule has 0 atom stereocenters. The number of halogens is 3. The molecule has 3 rings (SSSR count). The highest BCUT2D eigenvalue weighted by atomic mass is 19.4. The molecule has 0 amide bonds. The smallest absolute Gasteiger partial charge is 0.398 e. The van der Waals surface area contributed by atoms with Gasteiger partial charge < -0.3 is 16.4 Å². The van der Waals surface area contributed by atoms with Crippen LogP contribution in [-0.2, 0) is 12.6 Å². The van der Waals surface area contributed by atoms with Crippen molar-refractivity contribution in [2.45, 2.75) is 38.8 Å². The van der Waals surface area contributed by atoms with E-state index in [1.165, 1.54) is 12.1 Å². The minimum atomic E-state index is -4.40. The number of alkyl halides is 3. The second-order valence-corrected chi connectivity index (χ2v) is 8.02. The molecular weight excluding hydrogens is 411 g/mol. The highest BCUT2D eigenvalue weighted by Gasteiger charge is 2.32. The van der Waals surface area contributed by atoms with Crippen molar-refractivity contribution in [3.63, 3.8) is 0 Å². The molecule has 1 aliphatic rings. The predicted octanol–water partition coefficient (Wildman–Crippen LogP) is 6.27. The van der Waals surface area contributed by atoms with E-state index in [9.17, 15) is 13.2 Å². The average molecular weight is 442 g/mol. The summed E-state index contributed by atoms with van der Waals surface area (Å²) in [6.45, 7) is 7.13. The zero-order valence-electron chi connectivity index (χ0n) is 18.3. The van der Waals surface area contributed by atoms with Crippen molar-refractivity contribution >= 4 is 11.4 Å². The summed E-state index contributed by atoms with van der Waals surface area (Å²) in [4.78, 5) is 0. The molecule has 0 heterocycles. The highest BCUT2D eigenvalue weighted by Crippen LogP contribution is 2.36. The molecule has 32 heavy (non-hydrogen) atoms. The Morgan fingerprint density at radius 2 is 1.81 bits per heavy atom. The largest absolute Gasteiger partial charge is 0.416 e. The summed E-state index contributed by atoms with van der Waals surface area (Å²) < 4.78 is 40.2. The van der Waals surface area contributed by atoms with Crippen molar-refractivity contribution in [3.8, 4) is 0 Å². The molecule has 0 aromatic heterocycles. The number of nitrogens with two attached hydrogens (primary N) is 1. The molecule has 2 aromatic rings. The van der Waals surface area contributed by atoms with Gasteiger partial charge in [0, 0.05) is 34.9 Å². The van der Waals surface area contributed by atoms with Gasteiger partial charge in [0.05, 0.1) is 5.56 Å². The van der Waals surface area contributed by atoms with Gasteiger partial charge in [0.1, 0.15) is 0 Å². The van der Waals surface area contributed by atoms with E-state index in [-0.39, 0.29) is 12.0 Å². The molecule has 6 heteroatoms. The lowest BCUT2D eigenvalue weighted by atomic mass is 10.0. The Morgan fingerprint density at radius 1 is 1.12 bits per heavy atom. The van der Waals surface area contributed by atoms with E-state index in [1.54, 1.807) is 18.2 Å². The van der Waals surface area contributed by atoms with Gasteiger partial charge in [-0.25, -0.2) is 0 Å². The molecule has 1 aliphatic carbocycles. The number of anilines is 1. The number of allylic oxidation sites excluding steroid dienone is 3. The molecule has 2 aromatic carbocycles. The Balaban J connectivity index is 1.89. The Bertz CT molecular complexity index is 1000. The third-order valence-electron chi connectivity index (χ3n) is 5.32. The molecule has 1 fully saturated rings. The molecule has 0 radical (unpaired) electrons. The van der Waals surface area contributed by atoms with E-state index < -0.39 is 11.7 Å². The Labute approximate surface area is 187 Å². The van der Waals surface area contributed by atoms with Crippen LogP contribution >= 0.6 is 0 Å². The van der Waals surface area contributed by atoms with Crippen molar-refractivity contribution in [3.05, 3.63) is 95.3 Å². The van der Waals surface area contributed by atoms with Gasteiger partial charge in [0.2, 0.25) is 0 Å². The van der Waals surface area contributed by atoms with Crippen LogP contribution in [-0.4, -0.2) is 6.54 Å². The minimum Gasteiger partial charge on any atom is -0.398 e. The predicted molar refractivity (Wildman–Crippen MR) is 125 cm³/mol.